The number of alkyl halides is 2. The zero-order chi connectivity index (χ0) is 18.1. The number of aryl methyl sites for hydroxylation is 1. The molecule has 0 bridgehead atoms. The van der Waals surface area contributed by atoms with Crippen molar-refractivity contribution >= 4 is 29.0 Å². The number of hydrogen-bond acceptors (Lipinski definition) is 5. The second-order valence-electron chi connectivity index (χ2n) is 5.03. The Bertz CT molecular complexity index is 1030. The van der Waals surface area contributed by atoms with Crippen molar-refractivity contribution in [3.05, 3.63) is 52.1 Å². The first-order valence-corrected chi connectivity index (χ1v) is 7.30. The molecule has 1 amide bonds. The van der Waals surface area contributed by atoms with Crippen LogP contribution in [0.2, 0.25) is 5.02 Å². The molecule has 1 N–H and O–H groups in total. The van der Waals surface area contributed by atoms with Crippen molar-refractivity contribution < 1.29 is 13.6 Å². The summed E-state index contributed by atoms with van der Waals surface area (Å²) in [5.41, 5.74) is 0.249. The lowest BCUT2D eigenvalue weighted by Gasteiger charge is -2.05. The van der Waals surface area contributed by atoms with Crippen molar-refractivity contribution in [3.8, 4) is 6.07 Å². The minimum atomic E-state index is -2.81. The van der Waals surface area contributed by atoms with E-state index in [1.807, 2.05) is 6.07 Å². The van der Waals surface area contributed by atoms with Crippen LogP contribution in [0.15, 0.2) is 24.3 Å². The number of aromatic nitrogens is 4. The molecular weight excluding hydrogens is 354 g/mol. The fraction of sp³-hybridized carbons (Fsp3) is 0.133. The maximum atomic E-state index is 13.1. The number of benzene rings is 1. The molecule has 10 heteroatoms. The molecule has 1 aromatic carbocycles. The van der Waals surface area contributed by atoms with Gasteiger partial charge >= 0.3 is 0 Å². The van der Waals surface area contributed by atoms with Crippen molar-refractivity contribution in [2.24, 2.45) is 0 Å². The Hall–Kier alpha value is -3.12. The van der Waals surface area contributed by atoms with Gasteiger partial charge in [0.1, 0.15) is 11.8 Å². The van der Waals surface area contributed by atoms with Crippen LogP contribution in [0.4, 0.5) is 14.5 Å². The first kappa shape index (κ1) is 16.7. The number of nitrogens with one attached hydrogen (secondary N) is 1. The molecule has 0 unspecified atom stereocenters. The first-order valence-electron chi connectivity index (χ1n) is 6.92. The Morgan fingerprint density at radius 1 is 1.36 bits per heavy atom. The molecule has 0 saturated heterocycles. The number of carbonyl (C=O) groups is 1. The predicted molar refractivity (Wildman–Crippen MR) is 84.6 cm³/mol. The summed E-state index contributed by atoms with van der Waals surface area (Å²) in [7, 11) is 0. The molecule has 0 aliphatic carbocycles. The van der Waals surface area contributed by atoms with Gasteiger partial charge in [-0.3, -0.25) is 4.79 Å². The summed E-state index contributed by atoms with van der Waals surface area (Å²) in [4.78, 5) is 20.2. The van der Waals surface area contributed by atoms with Gasteiger partial charge in [0.05, 0.1) is 11.3 Å². The van der Waals surface area contributed by atoms with Crippen molar-refractivity contribution in [1.82, 2.24) is 19.6 Å². The van der Waals surface area contributed by atoms with Gasteiger partial charge in [0, 0.05) is 10.7 Å². The molecule has 0 radical (unpaired) electrons. The monoisotopic (exact) mass is 362 g/mol. The number of nitriles is 1. The van der Waals surface area contributed by atoms with Gasteiger partial charge in [0.15, 0.2) is 0 Å². The maximum absolute atomic E-state index is 13.1. The van der Waals surface area contributed by atoms with Gasteiger partial charge in [-0.25, -0.2) is 13.8 Å². The lowest BCUT2D eigenvalue weighted by molar-refractivity contribution is 0.101. The SMILES string of the molecule is Cc1cc(C(F)F)n2nc(C(=O)Nc3cc(Cl)ccc3C#N)nc2n1. The molecule has 2 heterocycles. The molecule has 3 aromatic rings. The lowest BCUT2D eigenvalue weighted by atomic mass is 10.2. The number of halogens is 3. The van der Waals surface area contributed by atoms with E-state index in [2.05, 4.69) is 20.4 Å². The first-order chi connectivity index (χ1) is 11.9. The van der Waals surface area contributed by atoms with Crippen molar-refractivity contribution in [1.29, 1.82) is 5.26 Å². The molecule has 7 nitrogen and oxygen atoms in total. The summed E-state index contributed by atoms with van der Waals surface area (Å²) in [5, 5.41) is 15.6. The molecule has 0 saturated carbocycles. The minimum Gasteiger partial charge on any atom is -0.318 e. The highest BCUT2D eigenvalue weighted by molar-refractivity contribution is 6.31. The van der Waals surface area contributed by atoms with Crippen LogP contribution in [0.5, 0.6) is 0 Å². The van der Waals surface area contributed by atoms with E-state index in [0.717, 1.165) is 4.52 Å². The highest BCUT2D eigenvalue weighted by Crippen LogP contribution is 2.22. The molecule has 25 heavy (non-hydrogen) atoms. The van der Waals surface area contributed by atoms with E-state index in [1.165, 1.54) is 31.2 Å². The van der Waals surface area contributed by atoms with Crippen LogP contribution < -0.4 is 5.32 Å². The van der Waals surface area contributed by atoms with Crippen LogP contribution in [0, 0.1) is 18.3 Å². The van der Waals surface area contributed by atoms with E-state index in [4.69, 9.17) is 16.9 Å². The average molecular weight is 363 g/mol. The molecule has 0 aliphatic rings. The van der Waals surface area contributed by atoms with Gasteiger partial charge in [-0.05, 0) is 31.2 Å². The fourth-order valence-corrected chi connectivity index (χ4v) is 2.33. The zero-order valence-electron chi connectivity index (χ0n) is 12.7. The molecular formula is C15H9ClF2N6O. The number of fused-ring (bicyclic) bond motifs is 1. The fourth-order valence-electron chi connectivity index (χ4n) is 2.16. The number of carbonyl (C=O) groups excluding carboxylic acids is 1. The molecule has 0 spiro atoms. The Labute approximate surface area is 144 Å². The average Bonchev–Trinajstić information content (AvgIpc) is 2.98. The van der Waals surface area contributed by atoms with Gasteiger partial charge in [0.25, 0.3) is 18.1 Å². The van der Waals surface area contributed by atoms with Crippen LogP contribution in [-0.4, -0.2) is 25.5 Å². The summed E-state index contributed by atoms with van der Waals surface area (Å²) in [5.74, 6) is -1.25. The number of amides is 1. The third kappa shape index (κ3) is 3.25. The quantitative estimate of drug-likeness (QED) is 0.772. The zero-order valence-corrected chi connectivity index (χ0v) is 13.4. The predicted octanol–water partition coefficient (Wildman–Crippen LogP) is 3.15. The van der Waals surface area contributed by atoms with Gasteiger partial charge in [-0.1, -0.05) is 11.6 Å². The standard InChI is InChI=1S/C15H9ClF2N6O/c1-7-4-11(12(17)18)24-15(20-7)22-13(23-24)14(25)21-10-5-9(16)3-2-8(10)6-19/h2-5,12H,1H3,(H,21,25). The van der Waals surface area contributed by atoms with Crippen molar-refractivity contribution in [2.75, 3.05) is 5.32 Å². The van der Waals surface area contributed by atoms with Crippen molar-refractivity contribution in [3.63, 3.8) is 0 Å². The van der Waals surface area contributed by atoms with E-state index in [1.54, 1.807) is 0 Å². The smallest absolute Gasteiger partial charge is 0.295 e. The molecule has 126 valence electrons. The summed E-state index contributed by atoms with van der Waals surface area (Å²) in [6.07, 6.45) is -2.81. The van der Waals surface area contributed by atoms with Crippen LogP contribution >= 0.6 is 11.6 Å². The van der Waals surface area contributed by atoms with E-state index >= 15 is 0 Å². The second kappa shape index (κ2) is 6.41. The number of nitrogens with zero attached hydrogens (tertiary/aromatic N) is 5. The van der Waals surface area contributed by atoms with Crippen LogP contribution in [-0.2, 0) is 0 Å². The molecule has 0 aliphatic heterocycles. The normalized spacial score (nSPS) is 10.9. The highest BCUT2D eigenvalue weighted by atomic mass is 35.5. The van der Waals surface area contributed by atoms with Crippen LogP contribution in [0.3, 0.4) is 0 Å². The Balaban J connectivity index is 2.00. The van der Waals surface area contributed by atoms with Gasteiger partial charge in [-0.15, -0.1) is 5.10 Å². The van der Waals surface area contributed by atoms with E-state index < -0.39 is 18.0 Å². The largest absolute Gasteiger partial charge is 0.318 e. The van der Waals surface area contributed by atoms with E-state index in [-0.39, 0.29) is 22.9 Å². The maximum Gasteiger partial charge on any atom is 0.295 e. The Morgan fingerprint density at radius 3 is 2.80 bits per heavy atom. The third-order valence-electron chi connectivity index (χ3n) is 3.24. The minimum absolute atomic E-state index is 0.118. The van der Waals surface area contributed by atoms with Gasteiger partial charge in [-0.2, -0.15) is 14.8 Å². The van der Waals surface area contributed by atoms with E-state index in [0.29, 0.717) is 10.7 Å². The van der Waals surface area contributed by atoms with Gasteiger partial charge < -0.3 is 5.32 Å². The molecule has 0 fully saturated rings. The summed E-state index contributed by atoms with van der Waals surface area (Å²) >= 11 is 5.85. The van der Waals surface area contributed by atoms with Crippen LogP contribution in [0.25, 0.3) is 5.78 Å². The molecule has 3 rings (SSSR count). The Morgan fingerprint density at radius 2 is 2.12 bits per heavy atom. The summed E-state index contributed by atoms with van der Waals surface area (Å²) < 4.78 is 27.0. The molecule has 2 aromatic heterocycles. The number of anilines is 1. The summed E-state index contributed by atoms with van der Waals surface area (Å²) in [6.45, 7) is 1.53. The number of hydrogen-bond donors (Lipinski definition) is 1. The Kier molecular flexibility index (Phi) is 4.29. The second-order valence-corrected chi connectivity index (χ2v) is 5.46. The third-order valence-corrected chi connectivity index (χ3v) is 3.48. The highest BCUT2D eigenvalue weighted by Gasteiger charge is 2.20. The topological polar surface area (TPSA) is 96.0 Å². The summed E-state index contributed by atoms with van der Waals surface area (Å²) in [6, 6.07) is 7.40. The number of rotatable bonds is 3. The van der Waals surface area contributed by atoms with Crippen molar-refractivity contribution in [2.45, 2.75) is 13.3 Å². The lowest BCUT2D eigenvalue weighted by Crippen LogP contribution is -2.15. The van der Waals surface area contributed by atoms with Crippen LogP contribution in [0.1, 0.15) is 34.0 Å². The van der Waals surface area contributed by atoms with Gasteiger partial charge in [0.2, 0.25) is 5.82 Å². The molecule has 0 atom stereocenters. The van der Waals surface area contributed by atoms with E-state index in [9.17, 15) is 13.6 Å².